The van der Waals surface area contributed by atoms with E-state index in [1.807, 2.05) is 0 Å². The second-order valence-corrected chi connectivity index (χ2v) is 4.02. The number of nitrogen functional groups attached to an aromatic ring is 1. The lowest BCUT2D eigenvalue weighted by Gasteiger charge is -2.23. The van der Waals surface area contributed by atoms with Crippen molar-refractivity contribution in [2.45, 2.75) is 0 Å². The SMILES string of the molecule is NC(=O)CN(CC(N)=O)c1cc(Cl)c(F)cc1N. The maximum atomic E-state index is 13.1. The highest BCUT2D eigenvalue weighted by atomic mass is 35.5. The molecule has 1 aromatic rings. The van der Waals surface area contributed by atoms with Crippen LogP contribution >= 0.6 is 11.6 Å². The van der Waals surface area contributed by atoms with E-state index in [4.69, 9.17) is 28.8 Å². The van der Waals surface area contributed by atoms with Gasteiger partial charge in [-0.15, -0.1) is 0 Å². The molecule has 0 unspecified atom stereocenters. The van der Waals surface area contributed by atoms with E-state index in [1.54, 1.807) is 0 Å². The van der Waals surface area contributed by atoms with E-state index >= 15 is 0 Å². The maximum Gasteiger partial charge on any atom is 0.236 e. The Morgan fingerprint density at radius 2 is 1.72 bits per heavy atom. The molecule has 0 saturated carbocycles. The minimum absolute atomic E-state index is 0.0272. The van der Waals surface area contributed by atoms with Crippen LogP contribution in [0.4, 0.5) is 15.8 Å². The summed E-state index contributed by atoms with van der Waals surface area (Å²) in [6, 6.07) is 2.20. The summed E-state index contributed by atoms with van der Waals surface area (Å²) in [7, 11) is 0. The molecule has 0 radical (unpaired) electrons. The number of hydrogen-bond donors (Lipinski definition) is 3. The number of anilines is 2. The Balaban J connectivity index is 3.15. The van der Waals surface area contributed by atoms with Crippen molar-refractivity contribution >= 4 is 34.8 Å². The highest BCUT2D eigenvalue weighted by molar-refractivity contribution is 6.31. The zero-order valence-electron chi connectivity index (χ0n) is 9.32. The first kappa shape index (κ1) is 14.0. The highest BCUT2D eigenvalue weighted by Crippen LogP contribution is 2.29. The number of hydrogen-bond acceptors (Lipinski definition) is 4. The fourth-order valence-corrected chi connectivity index (χ4v) is 1.59. The molecule has 18 heavy (non-hydrogen) atoms. The van der Waals surface area contributed by atoms with Gasteiger partial charge < -0.3 is 22.1 Å². The standard InChI is InChI=1S/C10H12ClFN4O2/c11-5-1-8(7(13)2-6(5)12)16(3-9(14)17)4-10(15)18/h1-2H,3-4,13H2,(H2,14,17)(H2,15,18). The molecule has 0 aliphatic carbocycles. The zero-order chi connectivity index (χ0) is 13.9. The lowest BCUT2D eigenvalue weighted by atomic mass is 10.2. The summed E-state index contributed by atoms with van der Waals surface area (Å²) in [6.45, 7) is -0.565. The molecular weight excluding hydrogens is 263 g/mol. The smallest absolute Gasteiger partial charge is 0.236 e. The molecule has 1 rings (SSSR count). The molecule has 8 heteroatoms. The largest absolute Gasteiger partial charge is 0.397 e. The van der Waals surface area contributed by atoms with Crippen molar-refractivity contribution in [3.05, 3.63) is 23.0 Å². The monoisotopic (exact) mass is 274 g/mol. The predicted molar refractivity (Wildman–Crippen MR) is 66.4 cm³/mol. The molecule has 0 heterocycles. The Bertz CT molecular complexity index is 479. The fraction of sp³-hybridized carbons (Fsp3) is 0.200. The fourth-order valence-electron chi connectivity index (χ4n) is 1.43. The van der Waals surface area contributed by atoms with E-state index in [-0.39, 0.29) is 29.5 Å². The van der Waals surface area contributed by atoms with Gasteiger partial charge in [0.25, 0.3) is 0 Å². The Hall–Kier alpha value is -2.02. The lowest BCUT2D eigenvalue weighted by molar-refractivity contribution is -0.117. The van der Waals surface area contributed by atoms with Crippen LogP contribution < -0.4 is 22.1 Å². The van der Waals surface area contributed by atoms with Gasteiger partial charge in [-0.1, -0.05) is 11.6 Å². The number of halogens is 2. The first-order chi connectivity index (χ1) is 8.31. The summed E-state index contributed by atoms with van der Waals surface area (Å²) in [5.74, 6) is -2.07. The molecule has 0 aliphatic rings. The van der Waals surface area contributed by atoms with E-state index < -0.39 is 17.6 Å². The third-order valence-electron chi connectivity index (χ3n) is 2.10. The second kappa shape index (κ2) is 5.54. The summed E-state index contributed by atoms with van der Waals surface area (Å²) >= 11 is 5.61. The van der Waals surface area contributed by atoms with Gasteiger partial charge in [0.1, 0.15) is 5.82 Å². The Morgan fingerprint density at radius 3 is 2.17 bits per heavy atom. The average molecular weight is 275 g/mol. The van der Waals surface area contributed by atoms with Crippen molar-refractivity contribution in [1.29, 1.82) is 0 Å². The van der Waals surface area contributed by atoms with Gasteiger partial charge in [-0.3, -0.25) is 9.59 Å². The molecule has 0 aliphatic heterocycles. The van der Waals surface area contributed by atoms with Crippen LogP contribution in [0.25, 0.3) is 0 Å². The van der Waals surface area contributed by atoms with E-state index in [1.165, 1.54) is 11.0 Å². The van der Waals surface area contributed by atoms with Gasteiger partial charge in [0.05, 0.1) is 29.5 Å². The third-order valence-corrected chi connectivity index (χ3v) is 2.39. The first-order valence-electron chi connectivity index (χ1n) is 4.87. The van der Waals surface area contributed by atoms with Crippen molar-refractivity contribution in [1.82, 2.24) is 0 Å². The molecule has 0 fully saturated rings. The van der Waals surface area contributed by atoms with Crippen LogP contribution in [0.2, 0.25) is 5.02 Å². The number of primary amides is 2. The van der Waals surface area contributed by atoms with Crippen LogP contribution in [0.1, 0.15) is 0 Å². The van der Waals surface area contributed by atoms with Crippen molar-refractivity contribution < 1.29 is 14.0 Å². The van der Waals surface area contributed by atoms with Gasteiger partial charge in [-0.25, -0.2) is 4.39 Å². The molecule has 98 valence electrons. The van der Waals surface area contributed by atoms with Gasteiger partial charge in [-0.05, 0) is 6.07 Å². The molecule has 0 bridgehead atoms. The maximum absolute atomic E-state index is 13.1. The quantitative estimate of drug-likeness (QED) is 0.647. The molecule has 0 saturated heterocycles. The molecule has 6 nitrogen and oxygen atoms in total. The molecule has 0 aromatic heterocycles. The number of benzene rings is 1. The Morgan fingerprint density at radius 1 is 1.22 bits per heavy atom. The first-order valence-corrected chi connectivity index (χ1v) is 5.25. The summed E-state index contributed by atoms with van der Waals surface area (Å²) < 4.78 is 13.1. The second-order valence-electron chi connectivity index (χ2n) is 3.61. The topological polar surface area (TPSA) is 115 Å². The van der Waals surface area contributed by atoms with Crippen molar-refractivity contribution in [2.24, 2.45) is 11.5 Å². The number of amides is 2. The number of carbonyl (C=O) groups is 2. The number of rotatable bonds is 5. The van der Waals surface area contributed by atoms with Crippen molar-refractivity contribution in [2.75, 3.05) is 23.7 Å². The molecule has 1 aromatic carbocycles. The molecule has 0 spiro atoms. The van der Waals surface area contributed by atoms with Gasteiger partial charge in [-0.2, -0.15) is 0 Å². The van der Waals surface area contributed by atoms with Gasteiger partial charge >= 0.3 is 0 Å². The van der Waals surface area contributed by atoms with Crippen LogP contribution in [0.3, 0.4) is 0 Å². The van der Waals surface area contributed by atoms with Crippen LogP contribution in [-0.2, 0) is 9.59 Å². The Labute approximate surface area is 107 Å². The molecule has 0 atom stereocenters. The van der Waals surface area contributed by atoms with Crippen LogP contribution in [0.5, 0.6) is 0 Å². The summed E-state index contributed by atoms with van der Waals surface area (Å²) in [5.41, 5.74) is 15.9. The Kier molecular flexibility index (Phi) is 4.33. The van der Waals surface area contributed by atoms with Crippen LogP contribution in [0.15, 0.2) is 12.1 Å². The van der Waals surface area contributed by atoms with Crippen LogP contribution in [-0.4, -0.2) is 24.9 Å². The highest BCUT2D eigenvalue weighted by Gasteiger charge is 2.16. The lowest BCUT2D eigenvalue weighted by Crippen LogP contribution is -2.40. The van der Waals surface area contributed by atoms with Crippen LogP contribution in [0, 0.1) is 5.82 Å². The minimum atomic E-state index is -0.698. The third kappa shape index (κ3) is 3.49. The zero-order valence-corrected chi connectivity index (χ0v) is 10.1. The van der Waals surface area contributed by atoms with Gasteiger partial charge in [0.15, 0.2) is 0 Å². The summed E-state index contributed by atoms with van der Waals surface area (Å²) in [4.78, 5) is 23.0. The molecule has 2 amide bonds. The average Bonchev–Trinajstić information content (AvgIpc) is 2.21. The van der Waals surface area contributed by atoms with E-state index in [9.17, 15) is 14.0 Å². The summed E-state index contributed by atoms with van der Waals surface area (Å²) in [5, 5.41) is -0.182. The summed E-state index contributed by atoms with van der Waals surface area (Å²) in [6.07, 6.45) is 0. The van der Waals surface area contributed by atoms with Crippen molar-refractivity contribution in [3.63, 3.8) is 0 Å². The normalized spacial score (nSPS) is 10.1. The number of nitrogens with zero attached hydrogens (tertiary/aromatic N) is 1. The van der Waals surface area contributed by atoms with E-state index in [0.29, 0.717) is 0 Å². The van der Waals surface area contributed by atoms with Crippen molar-refractivity contribution in [3.8, 4) is 0 Å². The van der Waals surface area contributed by atoms with Gasteiger partial charge in [0.2, 0.25) is 11.8 Å². The molecule has 6 N–H and O–H groups in total. The van der Waals surface area contributed by atoms with E-state index in [0.717, 1.165) is 6.07 Å². The molecular formula is C10H12ClFN4O2. The van der Waals surface area contributed by atoms with E-state index in [2.05, 4.69) is 0 Å². The number of carbonyl (C=O) groups excluding carboxylic acids is 2. The minimum Gasteiger partial charge on any atom is -0.397 e. The number of nitrogens with two attached hydrogens (primary N) is 3. The van der Waals surface area contributed by atoms with Gasteiger partial charge in [0, 0.05) is 6.07 Å². The predicted octanol–water partition coefficient (Wildman–Crippen LogP) is -0.162.